The predicted molar refractivity (Wildman–Crippen MR) is 114 cm³/mol. The molecule has 0 aromatic carbocycles. The van der Waals surface area contributed by atoms with Crippen LogP contribution in [0.25, 0.3) is 0 Å². The van der Waals surface area contributed by atoms with Crippen molar-refractivity contribution in [2.75, 3.05) is 6.61 Å². The molecule has 0 heterocycles. The first-order valence-electron chi connectivity index (χ1n) is 11.4. The Bertz CT molecular complexity index is 335. The van der Waals surface area contributed by atoms with Crippen molar-refractivity contribution in [3.63, 3.8) is 0 Å². The first kappa shape index (κ1) is 25.2. The van der Waals surface area contributed by atoms with E-state index in [-0.39, 0.29) is 5.97 Å². The highest BCUT2D eigenvalue weighted by atomic mass is 16.5. The van der Waals surface area contributed by atoms with Gasteiger partial charge in [-0.25, -0.2) is 4.79 Å². The fraction of sp³-hybridized carbons (Fsp3) is 0.875. The van der Waals surface area contributed by atoms with E-state index in [0.29, 0.717) is 12.2 Å². The van der Waals surface area contributed by atoms with Crippen LogP contribution in [0.2, 0.25) is 0 Å². The Morgan fingerprint density at radius 3 is 1.65 bits per heavy atom. The molecule has 0 saturated heterocycles. The summed E-state index contributed by atoms with van der Waals surface area (Å²) in [7, 11) is 0. The van der Waals surface area contributed by atoms with E-state index in [4.69, 9.17) is 4.74 Å². The average molecular weight is 367 g/mol. The summed E-state index contributed by atoms with van der Waals surface area (Å²) < 4.78 is 5.11. The molecule has 0 saturated carbocycles. The molecule has 0 N–H and O–H groups in total. The predicted octanol–water partition coefficient (Wildman–Crippen LogP) is 8.00. The second-order valence-electron chi connectivity index (χ2n) is 8.19. The molecule has 1 unspecified atom stereocenters. The molecule has 0 fully saturated rings. The maximum Gasteiger partial charge on any atom is 0.333 e. The van der Waals surface area contributed by atoms with Gasteiger partial charge in [0.1, 0.15) is 0 Å². The molecule has 0 aromatic rings. The van der Waals surface area contributed by atoms with Crippen LogP contribution in [0, 0.1) is 5.92 Å². The molecular formula is C24H46O2. The summed E-state index contributed by atoms with van der Waals surface area (Å²) in [5, 5.41) is 0. The van der Waals surface area contributed by atoms with Crippen LogP contribution in [0.3, 0.4) is 0 Å². The average Bonchev–Trinajstić information content (AvgIpc) is 2.62. The lowest BCUT2D eigenvalue weighted by molar-refractivity contribution is -0.139. The minimum atomic E-state index is -0.254. The Labute approximate surface area is 164 Å². The second kappa shape index (κ2) is 19.0. The van der Waals surface area contributed by atoms with Crippen molar-refractivity contribution in [2.24, 2.45) is 5.92 Å². The van der Waals surface area contributed by atoms with Crippen molar-refractivity contribution >= 4 is 5.97 Å². The molecule has 0 spiro atoms. The Kier molecular flexibility index (Phi) is 18.4. The molecule has 0 bridgehead atoms. The molecule has 2 nitrogen and oxygen atoms in total. The Morgan fingerprint density at radius 1 is 0.769 bits per heavy atom. The van der Waals surface area contributed by atoms with Gasteiger partial charge in [-0.1, -0.05) is 117 Å². The number of carbonyl (C=O) groups is 1. The van der Waals surface area contributed by atoms with Crippen LogP contribution >= 0.6 is 0 Å². The third-order valence-electron chi connectivity index (χ3n) is 5.22. The smallest absolute Gasteiger partial charge is 0.333 e. The highest BCUT2D eigenvalue weighted by molar-refractivity contribution is 5.86. The van der Waals surface area contributed by atoms with E-state index in [1.807, 2.05) is 0 Å². The first-order valence-corrected chi connectivity index (χ1v) is 11.4. The monoisotopic (exact) mass is 366 g/mol. The van der Waals surface area contributed by atoms with Crippen molar-refractivity contribution in [3.05, 3.63) is 12.2 Å². The Balaban J connectivity index is 3.23. The van der Waals surface area contributed by atoms with E-state index in [9.17, 15) is 4.79 Å². The van der Waals surface area contributed by atoms with E-state index in [2.05, 4.69) is 20.4 Å². The largest absolute Gasteiger partial charge is 0.462 e. The third-order valence-corrected chi connectivity index (χ3v) is 5.22. The van der Waals surface area contributed by atoms with Gasteiger partial charge in [-0.3, -0.25) is 0 Å². The molecule has 0 aliphatic heterocycles. The standard InChI is InChI=1S/C24H46O2/c1-5-6-7-8-9-10-11-13-16-19-23(4)20-17-14-12-15-18-21-26-24(25)22(2)3/h23H,2,5-21H2,1,3-4H3. The number of rotatable bonds is 19. The number of esters is 1. The lowest BCUT2D eigenvalue weighted by Gasteiger charge is -2.11. The molecule has 0 rings (SSSR count). The van der Waals surface area contributed by atoms with Gasteiger partial charge in [0, 0.05) is 5.57 Å². The van der Waals surface area contributed by atoms with Gasteiger partial charge in [0.15, 0.2) is 0 Å². The number of carbonyl (C=O) groups excluding carboxylic acids is 1. The van der Waals surface area contributed by atoms with Gasteiger partial charge in [0.25, 0.3) is 0 Å². The number of hydrogen-bond acceptors (Lipinski definition) is 2. The Hall–Kier alpha value is -0.790. The third kappa shape index (κ3) is 18.0. The zero-order valence-corrected chi connectivity index (χ0v) is 18.1. The summed E-state index contributed by atoms with van der Waals surface area (Å²) in [4.78, 5) is 11.2. The molecule has 154 valence electrons. The van der Waals surface area contributed by atoms with Gasteiger partial charge in [-0.15, -0.1) is 0 Å². The van der Waals surface area contributed by atoms with Crippen molar-refractivity contribution in [1.29, 1.82) is 0 Å². The van der Waals surface area contributed by atoms with Crippen LogP contribution in [0.5, 0.6) is 0 Å². The molecule has 2 heteroatoms. The molecule has 0 aromatic heterocycles. The summed E-state index contributed by atoms with van der Waals surface area (Å²) in [6.07, 6.45) is 21.7. The first-order chi connectivity index (χ1) is 12.6. The molecular weight excluding hydrogens is 320 g/mol. The van der Waals surface area contributed by atoms with Gasteiger partial charge in [-0.05, 0) is 19.3 Å². The topological polar surface area (TPSA) is 26.3 Å². The van der Waals surface area contributed by atoms with E-state index in [1.54, 1.807) is 6.92 Å². The van der Waals surface area contributed by atoms with Gasteiger partial charge in [-0.2, -0.15) is 0 Å². The molecule has 0 radical (unpaired) electrons. The maximum atomic E-state index is 11.2. The zero-order chi connectivity index (χ0) is 19.5. The van der Waals surface area contributed by atoms with Gasteiger partial charge >= 0.3 is 5.97 Å². The van der Waals surface area contributed by atoms with Crippen molar-refractivity contribution in [2.45, 2.75) is 124 Å². The van der Waals surface area contributed by atoms with E-state index < -0.39 is 0 Å². The molecule has 26 heavy (non-hydrogen) atoms. The van der Waals surface area contributed by atoms with Crippen molar-refractivity contribution in [3.8, 4) is 0 Å². The van der Waals surface area contributed by atoms with E-state index >= 15 is 0 Å². The fourth-order valence-corrected chi connectivity index (χ4v) is 3.36. The molecule has 0 aliphatic carbocycles. The van der Waals surface area contributed by atoms with Crippen LogP contribution < -0.4 is 0 Å². The normalized spacial score (nSPS) is 12.1. The van der Waals surface area contributed by atoms with E-state index in [0.717, 1.165) is 18.8 Å². The van der Waals surface area contributed by atoms with Crippen molar-refractivity contribution in [1.82, 2.24) is 0 Å². The number of ether oxygens (including phenoxy) is 1. The lowest BCUT2D eigenvalue weighted by atomic mass is 9.96. The molecule has 0 aliphatic rings. The van der Waals surface area contributed by atoms with Crippen LogP contribution in [-0.4, -0.2) is 12.6 Å². The van der Waals surface area contributed by atoms with Gasteiger partial charge in [0.05, 0.1) is 6.61 Å². The van der Waals surface area contributed by atoms with Gasteiger partial charge in [0.2, 0.25) is 0 Å². The van der Waals surface area contributed by atoms with Crippen LogP contribution in [-0.2, 0) is 9.53 Å². The highest BCUT2D eigenvalue weighted by Gasteiger charge is 2.03. The van der Waals surface area contributed by atoms with Gasteiger partial charge < -0.3 is 4.74 Å². The SMILES string of the molecule is C=C(C)C(=O)OCCCCCCCC(C)CCCCCCCCCCC. The zero-order valence-electron chi connectivity index (χ0n) is 18.1. The van der Waals surface area contributed by atoms with E-state index in [1.165, 1.54) is 89.9 Å². The molecule has 0 amide bonds. The number of unbranched alkanes of at least 4 members (excludes halogenated alkanes) is 12. The minimum absolute atomic E-state index is 0.254. The summed E-state index contributed by atoms with van der Waals surface area (Å²) in [6.45, 7) is 10.5. The quantitative estimate of drug-likeness (QED) is 0.131. The second-order valence-corrected chi connectivity index (χ2v) is 8.19. The van der Waals surface area contributed by atoms with Crippen LogP contribution in [0.15, 0.2) is 12.2 Å². The van der Waals surface area contributed by atoms with Crippen LogP contribution in [0.1, 0.15) is 124 Å². The summed E-state index contributed by atoms with van der Waals surface area (Å²) in [5.41, 5.74) is 0.492. The Morgan fingerprint density at radius 2 is 1.19 bits per heavy atom. The summed E-state index contributed by atoms with van der Waals surface area (Å²) in [5.74, 6) is 0.631. The minimum Gasteiger partial charge on any atom is -0.462 e. The lowest BCUT2D eigenvalue weighted by Crippen LogP contribution is -2.06. The number of hydrogen-bond donors (Lipinski definition) is 0. The van der Waals surface area contributed by atoms with Crippen LogP contribution in [0.4, 0.5) is 0 Å². The summed E-state index contributed by atoms with van der Waals surface area (Å²) >= 11 is 0. The maximum absolute atomic E-state index is 11.2. The molecule has 1 atom stereocenters. The fourth-order valence-electron chi connectivity index (χ4n) is 3.36. The summed E-state index contributed by atoms with van der Waals surface area (Å²) in [6, 6.07) is 0. The highest BCUT2D eigenvalue weighted by Crippen LogP contribution is 2.18. The van der Waals surface area contributed by atoms with Crippen molar-refractivity contribution < 1.29 is 9.53 Å².